The number of hydrogen-bond donors (Lipinski definition) is 1. The highest BCUT2D eigenvalue weighted by atomic mass is 35.5. The van der Waals surface area contributed by atoms with E-state index in [1.807, 2.05) is 6.92 Å². The van der Waals surface area contributed by atoms with Gasteiger partial charge in [-0.2, -0.15) is 5.10 Å². The minimum atomic E-state index is -3.68. The van der Waals surface area contributed by atoms with E-state index in [2.05, 4.69) is 9.82 Å². The van der Waals surface area contributed by atoms with Crippen LogP contribution in [-0.4, -0.2) is 18.2 Å². The Hall–Kier alpha value is -1.53. The van der Waals surface area contributed by atoms with E-state index in [-0.39, 0.29) is 4.90 Å². The number of sulfonamides is 1. The van der Waals surface area contributed by atoms with Gasteiger partial charge in [0.2, 0.25) is 0 Å². The van der Waals surface area contributed by atoms with Crippen molar-refractivity contribution in [1.82, 2.24) is 9.78 Å². The number of rotatable bonds is 3. The van der Waals surface area contributed by atoms with Gasteiger partial charge in [-0.05, 0) is 38.5 Å². The van der Waals surface area contributed by atoms with Gasteiger partial charge in [-0.25, -0.2) is 8.42 Å². The standard InChI is InChI=1S/C13H16ClN3O2S/c1-8-5-6-11(7-12(8)14)16-20(18,19)13-9(2)15-17(4)10(13)3/h5-7,16H,1-4H3. The molecule has 1 aromatic carbocycles. The predicted octanol–water partition coefficient (Wildman–Crippen LogP) is 2.80. The maximum absolute atomic E-state index is 12.4. The SMILES string of the molecule is Cc1ccc(NS(=O)(=O)c2c(C)nn(C)c2C)cc1Cl. The third-order valence-electron chi connectivity index (χ3n) is 3.14. The van der Waals surface area contributed by atoms with Gasteiger partial charge in [-0.1, -0.05) is 17.7 Å². The maximum atomic E-state index is 12.4. The van der Waals surface area contributed by atoms with Gasteiger partial charge in [-0.3, -0.25) is 9.40 Å². The first-order valence-electron chi connectivity index (χ1n) is 6.01. The van der Waals surface area contributed by atoms with Gasteiger partial charge in [0, 0.05) is 12.1 Å². The molecule has 0 fully saturated rings. The fourth-order valence-electron chi connectivity index (χ4n) is 2.01. The van der Waals surface area contributed by atoms with E-state index in [1.54, 1.807) is 43.8 Å². The number of aryl methyl sites for hydroxylation is 3. The molecule has 0 amide bonds. The van der Waals surface area contributed by atoms with Gasteiger partial charge in [-0.15, -0.1) is 0 Å². The van der Waals surface area contributed by atoms with Crippen LogP contribution in [-0.2, 0) is 17.1 Å². The van der Waals surface area contributed by atoms with E-state index >= 15 is 0 Å². The van der Waals surface area contributed by atoms with Crippen LogP contribution in [0.5, 0.6) is 0 Å². The van der Waals surface area contributed by atoms with E-state index in [0.29, 0.717) is 22.1 Å². The summed E-state index contributed by atoms with van der Waals surface area (Å²) < 4.78 is 29.0. The van der Waals surface area contributed by atoms with E-state index in [0.717, 1.165) is 5.56 Å². The zero-order chi connectivity index (χ0) is 15.1. The maximum Gasteiger partial charge on any atom is 0.265 e. The van der Waals surface area contributed by atoms with Crippen molar-refractivity contribution in [2.75, 3.05) is 4.72 Å². The molecule has 20 heavy (non-hydrogen) atoms. The van der Waals surface area contributed by atoms with Crippen molar-refractivity contribution >= 4 is 27.3 Å². The molecule has 0 radical (unpaired) electrons. The third kappa shape index (κ3) is 2.66. The van der Waals surface area contributed by atoms with Crippen molar-refractivity contribution < 1.29 is 8.42 Å². The molecule has 1 N–H and O–H groups in total. The van der Waals surface area contributed by atoms with Crippen molar-refractivity contribution in [2.24, 2.45) is 7.05 Å². The first-order valence-corrected chi connectivity index (χ1v) is 7.87. The number of benzene rings is 1. The summed E-state index contributed by atoms with van der Waals surface area (Å²) in [6.07, 6.45) is 0. The third-order valence-corrected chi connectivity index (χ3v) is 5.18. The lowest BCUT2D eigenvalue weighted by atomic mass is 10.2. The highest BCUT2D eigenvalue weighted by Gasteiger charge is 2.23. The number of halogens is 1. The highest BCUT2D eigenvalue weighted by Crippen LogP contribution is 2.25. The highest BCUT2D eigenvalue weighted by molar-refractivity contribution is 7.92. The molecule has 0 aliphatic rings. The van der Waals surface area contributed by atoms with Gasteiger partial charge < -0.3 is 0 Å². The van der Waals surface area contributed by atoms with E-state index in [4.69, 9.17) is 11.6 Å². The van der Waals surface area contributed by atoms with Crippen LogP contribution >= 0.6 is 11.6 Å². The minimum absolute atomic E-state index is 0.205. The molecule has 5 nitrogen and oxygen atoms in total. The number of nitrogens with zero attached hydrogens (tertiary/aromatic N) is 2. The summed E-state index contributed by atoms with van der Waals surface area (Å²) in [5.74, 6) is 0. The first kappa shape index (κ1) is 14.9. The molecular formula is C13H16ClN3O2S. The molecule has 1 heterocycles. The van der Waals surface area contributed by atoms with E-state index < -0.39 is 10.0 Å². The lowest BCUT2D eigenvalue weighted by Crippen LogP contribution is -2.15. The topological polar surface area (TPSA) is 64.0 Å². The van der Waals surface area contributed by atoms with Crippen LogP contribution in [0, 0.1) is 20.8 Å². The summed E-state index contributed by atoms with van der Waals surface area (Å²) in [6.45, 7) is 5.25. The number of nitrogens with one attached hydrogen (secondary N) is 1. The second-order valence-corrected chi connectivity index (χ2v) is 6.72. The van der Waals surface area contributed by atoms with Crippen LogP contribution in [0.2, 0.25) is 5.02 Å². The van der Waals surface area contributed by atoms with Crippen molar-refractivity contribution in [2.45, 2.75) is 25.7 Å². The Morgan fingerprint density at radius 1 is 1.25 bits per heavy atom. The Balaban J connectivity index is 2.43. The van der Waals surface area contributed by atoms with Crippen LogP contribution in [0.3, 0.4) is 0 Å². The fourth-order valence-corrected chi connectivity index (χ4v) is 3.68. The molecule has 108 valence electrons. The van der Waals surface area contributed by atoms with Gasteiger partial charge in [0.05, 0.1) is 17.1 Å². The molecule has 0 unspecified atom stereocenters. The molecule has 1 aromatic heterocycles. The average molecular weight is 314 g/mol. The summed E-state index contributed by atoms with van der Waals surface area (Å²) >= 11 is 6.00. The van der Waals surface area contributed by atoms with Gasteiger partial charge in [0.15, 0.2) is 0 Å². The summed E-state index contributed by atoms with van der Waals surface area (Å²) in [5.41, 5.74) is 2.38. The largest absolute Gasteiger partial charge is 0.279 e. The summed E-state index contributed by atoms with van der Waals surface area (Å²) in [5, 5.41) is 4.64. The molecule has 2 aromatic rings. The molecule has 0 aliphatic heterocycles. The number of hydrogen-bond acceptors (Lipinski definition) is 3. The number of anilines is 1. The molecule has 0 bridgehead atoms. The van der Waals surface area contributed by atoms with Crippen LogP contribution in [0.25, 0.3) is 0 Å². The molecule has 0 saturated heterocycles. The molecule has 0 saturated carbocycles. The van der Waals surface area contributed by atoms with Crippen molar-refractivity contribution in [3.05, 3.63) is 40.2 Å². The second-order valence-electron chi connectivity index (χ2n) is 4.69. The Labute approximate surface area is 123 Å². The Kier molecular flexibility index (Phi) is 3.80. The average Bonchev–Trinajstić information content (AvgIpc) is 2.58. The molecule has 0 spiro atoms. The zero-order valence-electron chi connectivity index (χ0n) is 11.7. The Morgan fingerprint density at radius 2 is 1.90 bits per heavy atom. The predicted molar refractivity (Wildman–Crippen MR) is 79.7 cm³/mol. The minimum Gasteiger partial charge on any atom is -0.279 e. The lowest BCUT2D eigenvalue weighted by molar-refractivity contribution is 0.599. The monoisotopic (exact) mass is 313 g/mol. The number of aromatic nitrogens is 2. The molecule has 0 aliphatic carbocycles. The van der Waals surface area contributed by atoms with Gasteiger partial charge in [0.25, 0.3) is 10.0 Å². The fraction of sp³-hybridized carbons (Fsp3) is 0.308. The summed E-state index contributed by atoms with van der Waals surface area (Å²) in [6, 6.07) is 5.04. The molecule has 0 atom stereocenters. The van der Waals surface area contributed by atoms with Gasteiger partial charge in [0.1, 0.15) is 4.90 Å². The van der Waals surface area contributed by atoms with E-state index in [1.165, 1.54) is 0 Å². The quantitative estimate of drug-likeness (QED) is 0.947. The summed E-state index contributed by atoms with van der Waals surface area (Å²) in [7, 11) is -1.96. The van der Waals surface area contributed by atoms with Crippen molar-refractivity contribution in [3.63, 3.8) is 0 Å². The van der Waals surface area contributed by atoms with Crippen molar-refractivity contribution in [1.29, 1.82) is 0 Å². The van der Waals surface area contributed by atoms with Crippen LogP contribution in [0.15, 0.2) is 23.1 Å². The normalized spacial score (nSPS) is 11.7. The van der Waals surface area contributed by atoms with Crippen LogP contribution in [0.1, 0.15) is 17.0 Å². The Bertz CT molecular complexity index is 766. The van der Waals surface area contributed by atoms with Crippen LogP contribution < -0.4 is 4.72 Å². The molecular weight excluding hydrogens is 298 g/mol. The molecule has 2 rings (SSSR count). The Morgan fingerprint density at radius 3 is 2.40 bits per heavy atom. The zero-order valence-corrected chi connectivity index (χ0v) is 13.3. The van der Waals surface area contributed by atoms with Gasteiger partial charge >= 0.3 is 0 Å². The molecule has 7 heteroatoms. The lowest BCUT2D eigenvalue weighted by Gasteiger charge is -2.09. The summed E-state index contributed by atoms with van der Waals surface area (Å²) in [4.78, 5) is 0.205. The van der Waals surface area contributed by atoms with E-state index in [9.17, 15) is 8.42 Å². The first-order chi connectivity index (χ1) is 9.22. The second kappa shape index (κ2) is 5.10. The van der Waals surface area contributed by atoms with Crippen LogP contribution in [0.4, 0.5) is 5.69 Å². The smallest absolute Gasteiger partial charge is 0.265 e. The van der Waals surface area contributed by atoms with Crippen molar-refractivity contribution in [3.8, 4) is 0 Å².